The molecule has 0 unspecified atom stereocenters. The largest absolute Gasteiger partial charge is 0.480 e. The van der Waals surface area contributed by atoms with Gasteiger partial charge in [-0.2, -0.15) is 0 Å². The summed E-state index contributed by atoms with van der Waals surface area (Å²) in [5.74, 6) is -1.33. The van der Waals surface area contributed by atoms with Crippen LogP contribution in [0.3, 0.4) is 0 Å². The molecule has 0 saturated carbocycles. The number of hydrogen-bond donors (Lipinski definition) is 2. The lowest BCUT2D eigenvalue weighted by Crippen LogP contribution is -2.49. The van der Waals surface area contributed by atoms with E-state index in [-0.39, 0.29) is 5.91 Å². The fourth-order valence-corrected chi connectivity index (χ4v) is 2.28. The van der Waals surface area contributed by atoms with E-state index in [1.54, 1.807) is 20.8 Å². The van der Waals surface area contributed by atoms with Crippen LogP contribution in [0.2, 0.25) is 0 Å². The van der Waals surface area contributed by atoms with Gasteiger partial charge >= 0.3 is 5.97 Å². The Kier molecular flexibility index (Phi) is 3.93. The molecular formula is C12H17NO3S. The van der Waals surface area contributed by atoms with Crippen molar-refractivity contribution in [1.29, 1.82) is 0 Å². The highest BCUT2D eigenvalue weighted by Crippen LogP contribution is 2.21. The molecule has 0 radical (unpaired) electrons. The molecule has 17 heavy (non-hydrogen) atoms. The third-order valence-corrected chi connectivity index (χ3v) is 3.47. The smallest absolute Gasteiger partial charge is 0.326 e. The highest BCUT2D eigenvalue weighted by molar-refractivity contribution is 7.12. The monoisotopic (exact) mass is 255 g/mol. The lowest BCUT2D eigenvalue weighted by atomic mass is 9.86. The third kappa shape index (κ3) is 3.30. The molecule has 0 bridgehead atoms. The summed E-state index contributed by atoms with van der Waals surface area (Å²) >= 11 is 1.32. The Morgan fingerprint density at radius 1 is 1.41 bits per heavy atom. The first kappa shape index (κ1) is 13.7. The van der Waals surface area contributed by atoms with Gasteiger partial charge in [-0.1, -0.05) is 20.8 Å². The normalized spacial score (nSPS) is 13.2. The van der Waals surface area contributed by atoms with E-state index in [1.807, 2.05) is 18.4 Å². The molecule has 0 spiro atoms. The Labute approximate surface area is 105 Å². The topological polar surface area (TPSA) is 66.4 Å². The van der Waals surface area contributed by atoms with Crippen LogP contribution in [0.25, 0.3) is 0 Å². The third-order valence-electron chi connectivity index (χ3n) is 2.46. The molecule has 0 aliphatic heterocycles. The Hall–Kier alpha value is -1.36. The van der Waals surface area contributed by atoms with Gasteiger partial charge in [0.25, 0.3) is 5.91 Å². The molecule has 1 aromatic rings. The maximum Gasteiger partial charge on any atom is 0.326 e. The zero-order valence-corrected chi connectivity index (χ0v) is 11.2. The van der Waals surface area contributed by atoms with Gasteiger partial charge in [-0.25, -0.2) is 4.79 Å². The van der Waals surface area contributed by atoms with E-state index < -0.39 is 17.4 Å². The number of hydrogen-bond acceptors (Lipinski definition) is 3. The number of carbonyl (C=O) groups is 2. The molecule has 0 fully saturated rings. The number of nitrogens with one attached hydrogen (secondary N) is 1. The summed E-state index contributed by atoms with van der Waals surface area (Å²) in [6.45, 7) is 7.19. The Morgan fingerprint density at radius 3 is 2.35 bits per heavy atom. The van der Waals surface area contributed by atoms with Crippen molar-refractivity contribution in [3.63, 3.8) is 0 Å². The lowest BCUT2D eigenvalue weighted by Gasteiger charge is -2.27. The number of aryl methyl sites for hydroxylation is 1. The Balaban J connectivity index is 2.86. The van der Waals surface area contributed by atoms with Crippen molar-refractivity contribution in [2.45, 2.75) is 33.7 Å². The van der Waals surface area contributed by atoms with Crippen molar-refractivity contribution < 1.29 is 14.7 Å². The number of thiophene rings is 1. The predicted octanol–water partition coefficient (Wildman–Crippen LogP) is 2.29. The van der Waals surface area contributed by atoms with Gasteiger partial charge in [0.15, 0.2) is 0 Å². The number of carboxylic acid groups (broad SMARTS) is 1. The van der Waals surface area contributed by atoms with Crippen LogP contribution in [-0.4, -0.2) is 23.0 Å². The lowest BCUT2D eigenvalue weighted by molar-refractivity contribution is -0.142. The molecule has 94 valence electrons. The molecule has 0 aromatic carbocycles. The second-order valence-corrected chi connectivity index (χ2v) is 5.96. The van der Waals surface area contributed by atoms with Gasteiger partial charge in [-0.05, 0) is 29.3 Å². The van der Waals surface area contributed by atoms with E-state index in [0.29, 0.717) is 4.88 Å². The maximum atomic E-state index is 11.9. The zero-order chi connectivity index (χ0) is 13.2. The summed E-state index contributed by atoms with van der Waals surface area (Å²) in [5.41, 5.74) is 0.345. The van der Waals surface area contributed by atoms with Gasteiger partial charge < -0.3 is 10.4 Å². The Bertz CT molecular complexity index is 431. The number of rotatable bonds is 3. The van der Waals surface area contributed by atoms with Gasteiger partial charge in [0.1, 0.15) is 6.04 Å². The molecule has 0 aliphatic carbocycles. The minimum atomic E-state index is -1.01. The van der Waals surface area contributed by atoms with E-state index in [0.717, 1.165) is 5.56 Å². The quantitative estimate of drug-likeness (QED) is 0.870. The van der Waals surface area contributed by atoms with Crippen LogP contribution in [0.15, 0.2) is 11.4 Å². The van der Waals surface area contributed by atoms with Crippen molar-refractivity contribution >= 4 is 23.2 Å². The van der Waals surface area contributed by atoms with Crippen LogP contribution >= 0.6 is 11.3 Å². The highest BCUT2D eigenvalue weighted by Gasteiger charge is 2.33. The van der Waals surface area contributed by atoms with E-state index in [9.17, 15) is 9.59 Å². The fraction of sp³-hybridized carbons (Fsp3) is 0.500. The molecule has 2 N–H and O–H groups in total. The average molecular weight is 255 g/mol. The van der Waals surface area contributed by atoms with Gasteiger partial charge in [-0.3, -0.25) is 4.79 Å². The second kappa shape index (κ2) is 4.87. The first-order chi connectivity index (χ1) is 7.73. The summed E-state index contributed by atoms with van der Waals surface area (Å²) in [6, 6.07) is 0.948. The number of carboxylic acids is 1. The minimum absolute atomic E-state index is 0.320. The van der Waals surface area contributed by atoms with Crippen molar-refractivity contribution in [3.8, 4) is 0 Å². The summed E-state index contributed by atoms with van der Waals surface area (Å²) in [4.78, 5) is 23.6. The van der Waals surface area contributed by atoms with Crippen LogP contribution in [0.5, 0.6) is 0 Å². The van der Waals surface area contributed by atoms with Crippen molar-refractivity contribution in [3.05, 3.63) is 21.9 Å². The first-order valence-electron chi connectivity index (χ1n) is 5.31. The number of carbonyl (C=O) groups excluding carboxylic acids is 1. The van der Waals surface area contributed by atoms with Crippen LogP contribution in [-0.2, 0) is 4.79 Å². The van der Waals surface area contributed by atoms with Crippen LogP contribution in [0.1, 0.15) is 36.0 Å². The van der Waals surface area contributed by atoms with Crippen molar-refractivity contribution in [2.75, 3.05) is 0 Å². The van der Waals surface area contributed by atoms with Gasteiger partial charge in [0, 0.05) is 0 Å². The summed E-state index contributed by atoms with van der Waals surface area (Å²) in [5, 5.41) is 13.5. The number of amides is 1. The molecule has 1 rings (SSSR count). The second-order valence-electron chi connectivity index (χ2n) is 5.04. The zero-order valence-electron chi connectivity index (χ0n) is 10.4. The van der Waals surface area contributed by atoms with E-state index >= 15 is 0 Å². The Morgan fingerprint density at radius 2 is 2.00 bits per heavy atom. The van der Waals surface area contributed by atoms with Crippen molar-refractivity contribution in [1.82, 2.24) is 5.32 Å². The molecule has 5 heteroatoms. The van der Waals surface area contributed by atoms with Gasteiger partial charge in [0.2, 0.25) is 0 Å². The van der Waals surface area contributed by atoms with E-state index in [1.165, 1.54) is 11.3 Å². The molecule has 1 atom stereocenters. The molecule has 0 saturated heterocycles. The summed E-state index contributed by atoms with van der Waals surface area (Å²) in [7, 11) is 0. The first-order valence-corrected chi connectivity index (χ1v) is 6.19. The summed E-state index contributed by atoms with van der Waals surface area (Å²) < 4.78 is 0. The SMILES string of the molecule is Cc1ccsc1C(=O)N[C@@H](C(=O)O)C(C)(C)C. The number of aliphatic carboxylic acids is 1. The van der Waals surface area contributed by atoms with Crippen molar-refractivity contribution in [2.24, 2.45) is 5.41 Å². The minimum Gasteiger partial charge on any atom is -0.480 e. The predicted molar refractivity (Wildman–Crippen MR) is 67.4 cm³/mol. The van der Waals surface area contributed by atoms with E-state index in [4.69, 9.17) is 5.11 Å². The van der Waals surface area contributed by atoms with Crippen LogP contribution in [0, 0.1) is 12.3 Å². The van der Waals surface area contributed by atoms with Crippen LogP contribution < -0.4 is 5.32 Å². The molecule has 0 aliphatic rings. The molecule has 1 heterocycles. The molecule has 4 nitrogen and oxygen atoms in total. The van der Waals surface area contributed by atoms with Gasteiger partial charge in [-0.15, -0.1) is 11.3 Å². The fourth-order valence-electron chi connectivity index (χ4n) is 1.45. The van der Waals surface area contributed by atoms with E-state index in [2.05, 4.69) is 5.32 Å². The molecule has 1 aromatic heterocycles. The maximum absolute atomic E-state index is 11.9. The van der Waals surface area contributed by atoms with Crippen LogP contribution in [0.4, 0.5) is 0 Å². The summed E-state index contributed by atoms with van der Waals surface area (Å²) in [6.07, 6.45) is 0. The molecule has 1 amide bonds. The molecular weight excluding hydrogens is 238 g/mol. The highest BCUT2D eigenvalue weighted by atomic mass is 32.1. The van der Waals surface area contributed by atoms with Gasteiger partial charge in [0.05, 0.1) is 4.88 Å². The standard InChI is InChI=1S/C12H17NO3S/c1-7-5-6-17-8(7)10(14)13-9(11(15)16)12(2,3)4/h5-6,9H,1-4H3,(H,13,14)(H,15,16)/t9-/m0/s1. The average Bonchev–Trinajstić information content (AvgIpc) is 2.58.